The zero-order valence-electron chi connectivity index (χ0n) is 16.6. The van der Waals surface area contributed by atoms with E-state index < -0.39 is 5.82 Å². The van der Waals surface area contributed by atoms with Crippen LogP contribution < -0.4 is 5.32 Å². The number of hydrogen-bond acceptors (Lipinski definition) is 4. The Morgan fingerprint density at radius 3 is 1.97 bits per heavy atom. The Morgan fingerprint density at radius 1 is 0.828 bits per heavy atom. The summed E-state index contributed by atoms with van der Waals surface area (Å²) in [5.74, 6) is -0.112. The third kappa shape index (κ3) is 4.01. The Hall–Kier alpha value is -3.54. The average Bonchev–Trinajstić information content (AvgIpc) is 3.16. The summed E-state index contributed by atoms with van der Waals surface area (Å²) in [6.45, 7) is 6.55. The third-order valence-electron chi connectivity index (χ3n) is 5.06. The van der Waals surface area contributed by atoms with Gasteiger partial charge in [-0.05, 0) is 30.2 Å². The Balaban J connectivity index is 1.48. The summed E-state index contributed by atoms with van der Waals surface area (Å²) in [6.07, 6.45) is 5.64. The Kier molecular flexibility index (Phi) is 4.84. The maximum absolute atomic E-state index is 13.1. The molecule has 0 fully saturated rings. The summed E-state index contributed by atoms with van der Waals surface area (Å²) in [5, 5.41) is 7.14. The molecule has 0 aliphatic heterocycles. The molecule has 0 saturated carbocycles. The molecule has 2 heterocycles. The van der Waals surface area contributed by atoms with Crippen molar-refractivity contribution >= 4 is 11.4 Å². The Bertz CT molecular complexity index is 1100. The molecular formula is C23H22FN5. The molecule has 2 aromatic heterocycles. The van der Waals surface area contributed by atoms with Gasteiger partial charge in [0.25, 0.3) is 5.95 Å². The molecule has 0 spiro atoms. The van der Waals surface area contributed by atoms with Gasteiger partial charge in [-0.2, -0.15) is 5.10 Å². The van der Waals surface area contributed by atoms with Gasteiger partial charge in [0.15, 0.2) is 5.82 Å². The molecule has 0 amide bonds. The summed E-state index contributed by atoms with van der Waals surface area (Å²) >= 11 is 0. The van der Waals surface area contributed by atoms with Gasteiger partial charge in [0, 0.05) is 11.1 Å². The molecule has 0 bridgehead atoms. The van der Waals surface area contributed by atoms with Gasteiger partial charge in [-0.25, -0.2) is 19.0 Å². The van der Waals surface area contributed by atoms with Crippen molar-refractivity contribution in [1.82, 2.24) is 19.7 Å². The third-order valence-corrected chi connectivity index (χ3v) is 5.06. The summed E-state index contributed by atoms with van der Waals surface area (Å²) in [5.41, 5.74) is 5.37. The fourth-order valence-corrected chi connectivity index (χ4v) is 3.19. The molecule has 0 aliphatic rings. The first-order valence-electron chi connectivity index (χ1n) is 9.39. The van der Waals surface area contributed by atoms with E-state index in [1.54, 1.807) is 12.4 Å². The van der Waals surface area contributed by atoms with Crippen LogP contribution in [-0.4, -0.2) is 19.7 Å². The van der Waals surface area contributed by atoms with Crippen LogP contribution in [0, 0.1) is 12.7 Å². The average molecular weight is 387 g/mol. The van der Waals surface area contributed by atoms with Crippen LogP contribution in [0.25, 0.3) is 5.95 Å². The predicted molar refractivity (Wildman–Crippen MR) is 112 cm³/mol. The number of nitrogens with one attached hydrogen (secondary N) is 1. The molecule has 1 N–H and O–H groups in total. The summed E-state index contributed by atoms with van der Waals surface area (Å²) in [7, 11) is 0. The van der Waals surface area contributed by atoms with Crippen molar-refractivity contribution in [3.63, 3.8) is 0 Å². The van der Waals surface area contributed by atoms with Crippen LogP contribution in [0.15, 0.2) is 73.3 Å². The minimum Gasteiger partial charge on any atom is -0.353 e. The lowest BCUT2D eigenvalue weighted by Gasteiger charge is -2.26. The van der Waals surface area contributed by atoms with E-state index in [9.17, 15) is 4.39 Å². The first-order chi connectivity index (χ1) is 13.9. The van der Waals surface area contributed by atoms with Crippen LogP contribution >= 0.6 is 0 Å². The van der Waals surface area contributed by atoms with Gasteiger partial charge in [0.2, 0.25) is 0 Å². The van der Waals surface area contributed by atoms with Crippen molar-refractivity contribution in [3.05, 3.63) is 95.8 Å². The smallest absolute Gasteiger partial charge is 0.250 e. The van der Waals surface area contributed by atoms with Crippen LogP contribution in [0.1, 0.15) is 30.5 Å². The summed E-state index contributed by atoms with van der Waals surface area (Å²) in [6, 6.07) is 17.0. The minimum atomic E-state index is -0.426. The van der Waals surface area contributed by atoms with Crippen molar-refractivity contribution in [1.29, 1.82) is 0 Å². The van der Waals surface area contributed by atoms with Gasteiger partial charge in [0.05, 0.1) is 30.5 Å². The Labute approximate surface area is 169 Å². The number of anilines is 2. The Morgan fingerprint density at radius 2 is 1.41 bits per heavy atom. The van der Waals surface area contributed by atoms with Crippen molar-refractivity contribution in [2.24, 2.45) is 0 Å². The van der Waals surface area contributed by atoms with E-state index in [4.69, 9.17) is 0 Å². The van der Waals surface area contributed by atoms with E-state index in [1.807, 2.05) is 12.1 Å². The largest absolute Gasteiger partial charge is 0.353 e. The fraction of sp³-hybridized carbons (Fsp3) is 0.174. The molecule has 0 radical (unpaired) electrons. The van der Waals surface area contributed by atoms with Gasteiger partial charge in [-0.1, -0.05) is 55.8 Å². The zero-order chi connectivity index (χ0) is 20.4. The molecule has 0 unspecified atom stereocenters. The van der Waals surface area contributed by atoms with Gasteiger partial charge >= 0.3 is 0 Å². The molecule has 146 valence electrons. The van der Waals surface area contributed by atoms with Crippen LogP contribution in [0.2, 0.25) is 0 Å². The fourth-order valence-electron chi connectivity index (χ4n) is 3.19. The van der Waals surface area contributed by atoms with E-state index >= 15 is 0 Å². The number of aryl methyl sites for hydroxylation is 1. The second kappa shape index (κ2) is 7.47. The van der Waals surface area contributed by atoms with E-state index in [-0.39, 0.29) is 5.41 Å². The van der Waals surface area contributed by atoms with Gasteiger partial charge in [0.1, 0.15) is 0 Å². The SMILES string of the molecule is Cc1ccc(C(C)(C)c2ccc(Nc3cnc(-n4cc(F)cn4)nc3)cc2)cc1. The van der Waals surface area contributed by atoms with Crippen LogP contribution in [0.4, 0.5) is 15.8 Å². The van der Waals surface area contributed by atoms with Crippen molar-refractivity contribution in [3.8, 4) is 5.95 Å². The molecule has 0 atom stereocenters. The maximum Gasteiger partial charge on any atom is 0.250 e. The molecular weight excluding hydrogens is 365 g/mol. The normalized spacial score (nSPS) is 11.4. The van der Waals surface area contributed by atoms with E-state index in [0.717, 1.165) is 17.6 Å². The number of rotatable bonds is 5. The van der Waals surface area contributed by atoms with Crippen molar-refractivity contribution < 1.29 is 4.39 Å². The number of aromatic nitrogens is 4. The molecule has 4 rings (SSSR count). The van der Waals surface area contributed by atoms with Gasteiger partial charge in [-0.15, -0.1) is 0 Å². The van der Waals surface area contributed by atoms with Crippen LogP contribution in [0.5, 0.6) is 0 Å². The number of benzene rings is 2. The van der Waals surface area contributed by atoms with Crippen LogP contribution in [0.3, 0.4) is 0 Å². The predicted octanol–water partition coefficient (Wildman–Crippen LogP) is 5.18. The van der Waals surface area contributed by atoms with E-state index in [1.165, 1.54) is 27.6 Å². The first kappa shape index (κ1) is 18.8. The van der Waals surface area contributed by atoms with Gasteiger partial charge in [-0.3, -0.25) is 0 Å². The lowest BCUT2D eigenvalue weighted by molar-refractivity contribution is 0.626. The molecule has 2 aromatic carbocycles. The quantitative estimate of drug-likeness (QED) is 0.513. The minimum absolute atomic E-state index is 0.0873. The molecule has 5 nitrogen and oxygen atoms in total. The second-order valence-corrected chi connectivity index (χ2v) is 7.57. The highest BCUT2D eigenvalue weighted by Crippen LogP contribution is 2.32. The second-order valence-electron chi connectivity index (χ2n) is 7.57. The lowest BCUT2D eigenvalue weighted by atomic mass is 9.78. The van der Waals surface area contributed by atoms with Crippen molar-refractivity contribution in [2.75, 3.05) is 5.32 Å². The highest BCUT2D eigenvalue weighted by atomic mass is 19.1. The maximum atomic E-state index is 13.1. The molecule has 6 heteroatoms. The molecule has 0 aliphatic carbocycles. The molecule has 29 heavy (non-hydrogen) atoms. The molecule has 4 aromatic rings. The summed E-state index contributed by atoms with van der Waals surface area (Å²) < 4.78 is 14.4. The summed E-state index contributed by atoms with van der Waals surface area (Å²) in [4.78, 5) is 8.44. The monoisotopic (exact) mass is 387 g/mol. The van der Waals surface area contributed by atoms with Crippen LogP contribution in [-0.2, 0) is 5.41 Å². The first-order valence-corrected chi connectivity index (χ1v) is 9.39. The zero-order valence-corrected chi connectivity index (χ0v) is 16.6. The lowest BCUT2D eigenvalue weighted by Crippen LogP contribution is -2.18. The van der Waals surface area contributed by atoms with Crippen molar-refractivity contribution in [2.45, 2.75) is 26.2 Å². The number of halogens is 1. The number of nitrogens with zero attached hydrogens (tertiary/aromatic N) is 4. The topological polar surface area (TPSA) is 55.6 Å². The highest BCUT2D eigenvalue weighted by molar-refractivity contribution is 5.59. The number of hydrogen-bond donors (Lipinski definition) is 1. The van der Waals surface area contributed by atoms with Gasteiger partial charge < -0.3 is 5.32 Å². The van der Waals surface area contributed by atoms with E-state index in [0.29, 0.717) is 5.95 Å². The standard InChI is InChI=1S/C23H22FN5/c1-16-4-6-17(7-5-16)23(2,3)18-8-10-20(11-9-18)28-21-13-25-22(26-14-21)29-15-19(24)12-27-29/h4-15,28H,1-3H3. The molecule has 0 saturated heterocycles. The van der Waals surface area contributed by atoms with E-state index in [2.05, 4.69) is 77.6 Å². The highest BCUT2D eigenvalue weighted by Gasteiger charge is 2.22.